The Labute approximate surface area is 112 Å². The summed E-state index contributed by atoms with van der Waals surface area (Å²) in [6.45, 7) is 4.36. The zero-order valence-corrected chi connectivity index (χ0v) is 11.3. The van der Waals surface area contributed by atoms with Crippen LogP contribution in [0.1, 0.15) is 45.1 Å². The first kappa shape index (κ1) is 14.2. The van der Waals surface area contributed by atoms with Gasteiger partial charge in [0, 0.05) is 11.7 Å². The van der Waals surface area contributed by atoms with Crippen molar-refractivity contribution in [2.24, 2.45) is 5.41 Å². The monoisotopic (exact) mass is 271 g/mol. The molecule has 1 aliphatic rings. The number of benzene rings is 1. The van der Waals surface area contributed by atoms with Crippen molar-refractivity contribution in [3.63, 3.8) is 0 Å². The summed E-state index contributed by atoms with van der Waals surface area (Å²) >= 11 is 0. The molecule has 1 aliphatic carbocycles. The van der Waals surface area contributed by atoms with Crippen LogP contribution in [0, 0.1) is 5.41 Å². The van der Waals surface area contributed by atoms with Gasteiger partial charge in [-0.25, -0.2) is 0 Å². The van der Waals surface area contributed by atoms with Gasteiger partial charge < -0.3 is 5.32 Å². The first-order valence-electron chi connectivity index (χ1n) is 6.73. The Hall–Kier alpha value is -1.19. The van der Waals surface area contributed by atoms with Crippen LogP contribution in [0.3, 0.4) is 0 Å². The number of anilines is 1. The largest absolute Gasteiger partial charge is 0.416 e. The second kappa shape index (κ2) is 5.06. The maximum absolute atomic E-state index is 12.7. The Morgan fingerprint density at radius 2 is 1.95 bits per heavy atom. The average molecular weight is 271 g/mol. The normalized spacial score (nSPS) is 23.1. The fourth-order valence-corrected chi connectivity index (χ4v) is 2.75. The zero-order chi connectivity index (χ0) is 14.1. The third-order valence-electron chi connectivity index (χ3n) is 4.04. The molecule has 2 rings (SSSR count). The van der Waals surface area contributed by atoms with Gasteiger partial charge in [-0.1, -0.05) is 32.8 Å². The lowest BCUT2D eigenvalue weighted by Gasteiger charge is -2.39. The van der Waals surface area contributed by atoms with E-state index in [-0.39, 0.29) is 11.5 Å². The minimum Gasteiger partial charge on any atom is -0.382 e. The topological polar surface area (TPSA) is 12.0 Å². The molecule has 1 unspecified atom stereocenters. The van der Waals surface area contributed by atoms with Crippen LogP contribution in [0.5, 0.6) is 0 Å². The minimum atomic E-state index is -4.28. The molecule has 0 aromatic heterocycles. The van der Waals surface area contributed by atoms with E-state index in [0.717, 1.165) is 25.3 Å². The smallest absolute Gasteiger partial charge is 0.382 e. The summed E-state index contributed by atoms with van der Waals surface area (Å²) in [5.74, 6) is 0. The second-order valence-electron chi connectivity index (χ2n) is 6.01. The molecule has 1 nitrogen and oxygen atoms in total. The van der Waals surface area contributed by atoms with E-state index in [2.05, 4.69) is 19.2 Å². The van der Waals surface area contributed by atoms with E-state index in [4.69, 9.17) is 0 Å². The number of rotatable bonds is 2. The highest BCUT2D eigenvalue weighted by Gasteiger charge is 2.33. The first-order chi connectivity index (χ1) is 8.79. The van der Waals surface area contributed by atoms with Gasteiger partial charge in [0.05, 0.1) is 5.56 Å². The summed E-state index contributed by atoms with van der Waals surface area (Å²) < 4.78 is 38.0. The zero-order valence-electron chi connectivity index (χ0n) is 11.3. The van der Waals surface area contributed by atoms with E-state index in [1.165, 1.54) is 18.6 Å². The Kier molecular flexibility index (Phi) is 3.79. The summed E-state index contributed by atoms with van der Waals surface area (Å²) in [4.78, 5) is 0. The molecule has 106 valence electrons. The van der Waals surface area contributed by atoms with Crippen molar-refractivity contribution in [2.45, 2.75) is 51.7 Å². The molecule has 1 N–H and O–H groups in total. The molecule has 4 heteroatoms. The van der Waals surface area contributed by atoms with Crippen molar-refractivity contribution in [1.82, 2.24) is 0 Å². The van der Waals surface area contributed by atoms with Crippen LogP contribution >= 0.6 is 0 Å². The van der Waals surface area contributed by atoms with Crippen LogP contribution in [0.2, 0.25) is 0 Å². The van der Waals surface area contributed by atoms with Gasteiger partial charge in [-0.3, -0.25) is 0 Å². The highest BCUT2D eigenvalue weighted by Crippen LogP contribution is 2.38. The van der Waals surface area contributed by atoms with Gasteiger partial charge in [0.15, 0.2) is 0 Å². The molecule has 1 fully saturated rings. The van der Waals surface area contributed by atoms with Crippen LogP contribution < -0.4 is 5.32 Å². The molecule has 0 aliphatic heterocycles. The van der Waals surface area contributed by atoms with Gasteiger partial charge in [0.1, 0.15) is 0 Å². The minimum absolute atomic E-state index is 0.131. The number of alkyl halides is 3. The van der Waals surface area contributed by atoms with Crippen molar-refractivity contribution in [3.05, 3.63) is 29.8 Å². The molecule has 0 heterocycles. The summed E-state index contributed by atoms with van der Waals surface area (Å²) in [7, 11) is 0. The number of nitrogens with one attached hydrogen (secondary N) is 1. The van der Waals surface area contributed by atoms with Gasteiger partial charge in [-0.15, -0.1) is 0 Å². The van der Waals surface area contributed by atoms with Crippen molar-refractivity contribution in [3.8, 4) is 0 Å². The van der Waals surface area contributed by atoms with Gasteiger partial charge in [-0.05, 0) is 36.5 Å². The van der Waals surface area contributed by atoms with E-state index >= 15 is 0 Å². The van der Waals surface area contributed by atoms with Crippen molar-refractivity contribution < 1.29 is 13.2 Å². The summed E-state index contributed by atoms with van der Waals surface area (Å²) in [5.41, 5.74) is 0.105. The van der Waals surface area contributed by atoms with Crippen LogP contribution in [0.15, 0.2) is 24.3 Å². The van der Waals surface area contributed by atoms with Crippen molar-refractivity contribution in [1.29, 1.82) is 0 Å². The first-order valence-corrected chi connectivity index (χ1v) is 6.73. The predicted molar refractivity (Wildman–Crippen MR) is 71.1 cm³/mol. The maximum atomic E-state index is 12.7. The maximum Gasteiger partial charge on any atom is 0.416 e. The molecule has 0 bridgehead atoms. The van der Waals surface area contributed by atoms with Crippen LogP contribution in [-0.2, 0) is 6.18 Å². The molecule has 1 aromatic carbocycles. The molecular weight excluding hydrogens is 251 g/mol. The summed E-state index contributed by atoms with van der Waals surface area (Å²) in [6.07, 6.45) is 0.195. The van der Waals surface area contributed by atoms with Crippen molar-refractivity contribution in [2.75, 3.05) is 5.32 Å². The Morgan fingerprint density at radius 3 is 2.58 bits per heavy atom. The summed E-state index contributed by atoms with van der Waals surface area (Å²) in [5, 5.41) is 3.28. The van der Waals surface area contributed by atoms with Gasteiger partial charge in [-0.2, -0.15) is 13.2 Å². The Bertz CT molecular complexity index is 437. The Balaban J connectivity index is 2.15. The lowest BCUT2D eigenvalue weighted by atomic mass is 9.73. The quantitative estimate of drug-likeness (QED) is 0.790. The van der Waals surface area contributed by atoms with Crippen molar-refractivity contribution >= 4 is 5.69 Å². The molecule has 0 radical (unpaired) electrons. The Morgan fingerprint density at radius 1 is 1.21 bits per heavy atom. The fraction of sp³-hybridized carbons (Fsp3) is 0.600. The van der Waals surface area contributed by atoms with E-state index in [1.807, 2.05) is 0 Å². The number of halogens is 3. The van der Waals surface area contributed by atoms with E-state index in [9.17, 15) is 13.2 Å². The predicted octanol–water partition coefficient (Wildman–Crippen LogP) is 5.09. The molecule has 0 spiro atoms. The standard InChI is InChI=1S/C15H20F3N/c1-14(2)9-4-3-8-13(14)19-12-7-5-6-11(10-12)15(16,17)18/h5-7,10,13,19H,3-4,8-9H2,1-2H3. The molecule has 19 heavy (non-hydrogen) atoms. The molecule has 0 amide bonds. The molecule has 1 saturated carbocycles. The van der Waals surface area contributed by atoms with Crippen LogP contribution in [0.25, 0.3) is 0 Å². The molecule has 0 saturated heterocycles. The van der Waals surface area contributed by atoms with E-state index < -0.39 is 11.7 Å². The third kappa shape index (κ3) is 3.43. The number of hydrogen-bond acceptors (Lipinski definition) is 1. The van der Waals surface area contributed by atoms with Crippen LogP contribution in [-0.4, -0.2) is 6.04 Å². The molecule has 1 atom stereocenters. The lowest BCUT2D eigenvalue weighted by Crippen LogP contribution is -2.38. The lowest BCUT2D eigenvalue weighted by molar-refractivity contribution is -0.137. The highest BCUT2D eigenvalue weighted by molar-refractivity contribution is 5.47. The summed E-state index contributed by atoms with van der Waals surface area (Å²) in [6, 6.07) is 5.72. The van der Waals surface area contributed by atoms with Crippen LogP contribution in [0.4, 0.5) is 18.9 Å². The van der Waals surface area contributed by atoms with Gasteiger partial charge in [0.2, 0.25) is 0 Å². The second-order valence-corrected chi connectivity index (χ2v) is 6.01. The third-order valence-corrected chi connectivity index (χ3v) is 4.04. The van der Waals surface area contributed by atoms with E-state index in [0.29, 0.717) is 5.69 Å². The number of hydrogen-bond donors (Lipinski definition) is 1. The van der Waals surface area contributed by atoms with Gasteiger partial charge >= 0.3 is 6.18 Å². The van der Waals surface area contributed by atoms with E-state index in [1.54, 1.807) is 6.07 Å². The van der Waals surface area contributed by atoms with Gasteiger partial charge in [0.25, 0.3) is 0 Å². The highest BCUT2D eigenvalue weighted by atomic mass is 19.4. The fourth-order valence-electron chi connectivity index (χ4n) is 2.75. The molecular formula is C15H20F3N. The SMILES string of the molecule is CC1(C)CCCCC1Nc1cccc(C(F)(F)F)c1. The average Bonchev–Trinajstić information content (AvgIpc) is 2.31. The molecule has 1 aromatic rings.